The predicted octanol–water partition coefficient (Wildman–Crippen LogP) is 2.53. The van der Waals surface area contributed by atoms with Gasteiger partial charge in [-0.3, -0.25) is 4.68 Å². The molecule has 0 aliphatic rings. The van der Waals surface area contributed by atoms with Crippen molar-refractivity contribution >= 4 is 0 Å². The summed E-state index contributed by atoms with van der Waals surface area (Å²) in [4.78, 5) is 2.20. The van der Waals surface area contributed by atoms with Crippen molar-refractivity contribution in [3.05, 3.63) is 41.6 Å². The van der Waals surface area contributed by atoms with Crippen LogP contribution in [0.25, 0.3) is 0 Å². The maximum absolute atomic E-state index is 5.80. The molecule has 1 N–H and O–H groups in total. The number of nitrogens with one attached hydrogen (secondary N) is 1. The Labute approximate surface area is 126 Å². The quantitative estimate of drug-likeness (QED) is 0.851. The van der Waals surface area contributed by atoms with Gasteiger partial charge in [-0.2, -0.15) is 5.10 Å². The molecule has 2 aromatic heterocycles. The molecule has 0 radical (unpaired) electrons. The van der Waals surface area contributed by atoms with E-state index in [-0.39, 0.29) is 6.04 Å². The summed E-state index contributed by atoms with van der Waals surface area (Å²) in [5, 5.41) is 7.82. The Morgan fingerprint density at radius 1 is 1.38 bits per heavy atom. The first-order chi connectivity index (χ1) is 10.0. The van der Waals surface area contributed by atoms with Crippen LogP contribution in [-0.4, -0.2) is 35.3 Å². The fourth-order valence-electron chi connectivity index (χ4n) is 2.42. The molecule has 0 aromatic carbocycles. The maximum Gasteiger partial charge on any atom is 0.120 e. The second-order valence-electron chi connectivity index (χ2n) is 5.71. The van der Waals surface area contributed by atoms with E-state index in [1.807, 2.05) is 17.9 Å². The number of likely N-dealkylation sites (N-methyl/N-ethyl adjacent to an activating group) is 1. The molecular formula is C16H26N4O. The molecule has 0 aliphatic heterocycles. The number of furan rings is 1. The zero-order valence-corrected chi connectivity index (χ0v) is 13.6. The van der Waals surface area contributed by atoms with E-state index in [1.54, 1.807) is 0 Å². The molecule has 0 amide bonds. The standard InChI is InChI=1S/C16H26N4O/c1-6-14-7-8-16(21-14)12(2)17-10-15(19(3)4)13-9-18-20(5)11-13/h7-9,11-12,15,17H,6,10H2,1-5H3. The molecule has 21 heavy (non-hydrogen) atoms. The van der Waals surface area contributed by atoms with Crippen molar-refractivity contribution in [3.8, 4) is 0 Å². The Morgan fingerprint density at radius 2 is 2.14 bits per heavy atom. The third-order valence-corrected chi connectivity index (χ3v) is 3.81. The van der Waals surface area contributed by atoms with E-state index >= 15 is 0 Å². The number of aromatic nitrogens is 2. The Balaban J connectivity index is 1.98. The Hall–Kier alpha value is -1.59. The molecule has 0 fully saturated rings. The lowest BCUT2D eigenvalue weighted by atomic mass is 10.1. The molecule has 0 saturated carbocycles. The van der Waals surface area contributed by atoms with Crippen LogP contribution in [0.4, 0.5) is 0 Å². The molecule has 5 nitrogen and oxygen atoms in total. The lowest BCUT2D eigenvalue weighted by molar-refractivity contribution is 0.275. The van der Waals surface area contributed by atoms with Gasteiger partial charge in [0, 0.05) is 37.8 Å². The topological polar surface area (TPSA) is 46.2 Å². The molecule has 2 rings (SSSR count). The second-order valence-corrected chi connectivity index (χ2v) is 5.71. The van der Waals surface area contributed by atoms with Crippen LogP contribution in [0.1, 0.15) is 43.0 Å². The molecule has 0 aliphatic carbocycles. The summed E-state index contributed by atoms with van der Waals surface area (Å²) in [5.41, 5.74) is 1.22. The first kappa shape index (κ1) is 15.8. The fourth-order valence-corrected chi connectivity index (χ4v) is 2.42. The fraction of sp³-hybridized carbons (Fsp3) is 0.562. The minimum absolute atomic E-state index is 0.199. The van der Waals surface area contributed by atoms with E-state index in [2.05, 4.69) is 61.6 Å². The van der Waals surface area contributed by atoms with E-state index in [1.165, 1.54) is 5.56 Å². The molecule has 0 saturated heterocycles. The number of rotatable bonds is 7. The molecule has 2 aromatic rings. The van der Waals surface area contributed by atoms with Crippen molar-refractivity contribution in [1.82, 2.24) is 20.0 Å². The largest absolute Gasteiger partial charge is 0.464 e. The van der Waals surface area contributed by atoms with Crippen molar-refractivity contribution < 1.29 is 4.42 Å². The van der Waals surface area contributed by atoms with Crippen molar-refractivity contribution in [1.29, 1.82) is 0 Å². The van der Waals surface area contributed by atoms with E-state index < -0.39 is 0 Å². The van der Waals surface area contributed by atoms with Gasteiger partial charge in [0.1, 0.15) is 11.5 Å². The van der Waals surface area contributed by atoms with Crippen LogP contribution in [0, 0.1) is 0 Å². The van der Waals surface area contributed by atoms with Gasteiger partial charge in [-0.15, -0.1) is 0 Å². The van der Waals surface area contributed by atoms with Gasteiger partial charge in [-0.1, -0.05) is 6.92 Å². The molecule has 5 heteroatoms. The van der Waals surface area contributed by atoms with Gasteiger partial charge < -0.3 is 14.6 Å². The predicted molar refractivity (Wildman–Crippen MR) is 84.1 cm³/mol. The van der Waals surface area contributed by atoms with Crippen molar-refractivity contribution in [3.63, 3.8) is 0 Å². The van der Waals surface area contributed by atoms with Crippen molar-refractivity contribution in [2.75, 3.05) is 20.6 Å². The molecular weight excluding hydrogens is 264 g/mol. The van der Waals surface area contributed by atoms with Crippen LogP contribution < -0.4 is 5.32 Å². The van der Waals surface area contributed by atoms with Gasteiger partial charge in [-0.25, -0.2) is 0 Å². The van der Waals surface area contributed by atoms with Crippen LogP contribution >= 0.6 is 0 Å². The van der Waals surface area contributed by atoms with Gasteiger partial charge in [0.2, 0.25) is 0 Å². The van der Waals surface area contributed by atoms with E-state index in [0.29, 0.717) is 6.04 Å². The number of hydrogen-bond donors (Lipinski definition) is 1. The highest BCUT2D eigenvalue weighted by molar-refractivity contribution is 5.13. The highest BCUT2D eigenvalue weighted by Crippen LogP contribution is 2.20. The number of nitrogens with zero attached hydrogens (tertiary/aromatic N) is 3. The second kappa shape index (κ2) is 6.91. The average Bonchev–Trinajstić information content (AvgIpc) is 3.07. The average molecular weight is 290 g/mol. The Morgan fingerprint density at radius 3 is 2.67 bits per heavy atom. The minimum Gasteiger partial charge on any atom is -0.464 e. The van der Waals surface area contributed by atoms with Crippen LogP contribution in [0.5, 0.6) is 0 Å². The Bertz CT molecular complexity index is 558. The third kappa shape index (κ3) is 3.95. The lowest BCUT2D eigenvalue weighted by Crippen LogP contribution is -2.32. The molecule has 116 valence electrons. The first-order valence-corrected chi connectivity index (χ1v) is 7.48. The zero-order valence-electron chi connectivity index (χ0n) is 13.6. The van der Waals surface area contributed by atoms with Gasteiger partial charge in [0.05, 0.1) is 12.2 Å². The van der Waals surface area contributed by atoms with Crippen LogP contribution in [0.2, 0.25) is 0 Å². The van der Waals surface area contributed by atoms with Gasteiger partial charge in [-0.05, 0) is 33.2 Å². The smallest absolute Gasteiger partial charge is 0.120 e. The normalized spacial score (nSPS) is 14.6. The van der Waals surface area contributed by atoms with Gasteiger partial charge >= 0.3 is 0 Å². The van der Waals surface area contributed by atoms with E-state index in [9.17, 15) is 0 Å². The summed E-state index contributed by atoms with van der Waals surface area (Å²) in [6.45, 7) is 5.08. The Kier molecular flexibility index (Phi) is 5.20. The monoisotopic (exact) mass is 290 g/mol. The molecule has 0 spiro atoms. The van der Waals surface area contributed by atoms with Gasteiger partial charge in [0.15, 0.2) is 0 Å². The maximum atomic E-state index is 5.80. The summed E-state index contributed by atoms with van der Waals surface area (Å²) in [5.74, 6) is 2.03. The minimum atomic E-state index is 0.199. The summed E-state index contributed by atoms with van der Waals surface area (Å²) < 4.78 is 7.65. The lowest BCUT2D eigenvalue weighted by Gasteiger charge is -2.25. The van der Waals surface area contributed by atoms with Crippen LogP contribution in [-0.2, 0) is 13.5 Å². The molecule has 2 heterocycles. The van der Waals surface area contributed by atoms with Crippen molar-refractivity contribution in [2.45, 2.75) is 32.4 Å². The van der Waals surface area contributed by atoms with E-state index in [0.717, 1.165) is 24.5 Å². The summed E-state index contributed by atoms with van der Waals surface area (Å²) in [6.07, 6.45) is 4.93. The third-order valence-electron chi connectivity index (χ3n) is 3.81. The van der Waals surface area contributed by atoms with Gasteiger partial charge in [0.25, 0.3) is 0 Å². The highest BCUT2D eigenvalue weighted by atomic mass is 16.3. The highest BCUT2D eigenvalue weighted by Gasteiger charge is 2.18. The number of aryl methyl sites for hydroxylation is 2. The van der Waals surface area contributed by atoms with E-state index in [4.69, 9.17) is 4.42 Å². The summed E-state index contributed by atoms with van der Waals surface area (Å²) in [7, 11) is 6.12. The number of hydrogen-bond acceptors (Lipinski definition) is 4. The molecule has 2 atom stereocenters. The zero-order chi connectivity index (χ0) is 15.4. The first-order valence-electron chi connectivity index (χ1n) is 7.48. The SMILES string of the molecule is CCc1ccc(C(C)NCC(c2cnn(C)c2)N(C)C)o1. The van der Waals surface area contributed by atoms with Crippen LogP contribution in [0.3, 0.4) is 0 Å². The van der Waals surface area contributed by atoms with Crippen molar-refractivity contribution in [2.24, 2.45) is 7.05 Å². The molecule has 0 bridgehead atoms. The summed E-state index contributed by atoms with van der Waals surface area (Å²) >= 11 is 0. The summed E-state index contributed by atoms with van der Waals surface area (Å²) in [6, 6.07) is 4.61. The molecule has 2 unspecified atom stereocenters. The van der Waals surface area contributed by atoms with Crippen LogP contribution in [0.15, 0.2) is 28.9 Å².